The molecule has 3 heterocycles. The first-order chi connectivity index (χ1) is 15.6. The van der Waals surface area contributed by atoms with E-state index in [9.17, 15) is 9.59 Å². The molecule has 32 heavy (non-hydrogen) atoms. The lowest BCUT2D eigenvalue weighted by Crippen LogP contribution is -2.51. The standard InChI is InChI=1S/C24H32N4O3S/c1-18(29)27-9-11-28(12-10-27)24(30)14-19-7-8-25-16-20(19)13-21-15-22(31-26-21)17-32-23-5-3-2-4-6-23/h2-6,15,19-20,25H,7-14,16-17H2,1H3/t19-,20-/m0/s1. The van der Waals surface area contributed by atoms with E-state index in [0.717, 1.165) is 43.1 Å². The average Bonchev–Trinajstić information content (AvgIpc) is 3.27. The van der Waals surface area contributed by atoms with Crippen molar-refractivity contribution >= 4 is 23.6 Å². The molecule has 0 unspecified atom stereocenters. The van der Waals surface area contributed by atoms with Gasteiger partial charge in [-0.1, -0.05) is 23.4 Å². The largest absolute Gasteiger partial charge is 0.360 e. The van der Waals surface area contributed by atoms with Gasteiger partial charge in [0.25, 0.3) is 0 Å². The Kier molecular flexibility index (Phi) is 7.86. The van der Waals surface area contributed by atoms with E-state index < -0.39 is 0 Å². The zero-order valence-corrected chi connectivity index (χ0v) is 19.5. The summed E-state index contributed by atoms with van der Waals surface area (Å²) < 4.78 is 5.57. The lowest BCUT2D eigenvalue weighted by molar-refractivity contribution is -0.139. The Balaban J connectivity index is 1.28. The number of hydrogen-bond donors (Lipinski definition) is 1. The fraction of sp³-hybridized carbons (Fsp3) is 0.542. The molecule has 8 heteroatoms. The number of nitrogens with one attached hydrogen (secondary N) is 1. The molecule has 1 aromatic carbocycles. The van der Waals surface area contributed by atoms with Crippen molar-refractivity contribution in [1.29, 1.82) is 0 Å². The molecule has 0 spiro atoms. The molecule has 2 aromatic rings. The summed E-state index contributed by atoms with van der Waals surface area (Å²) in [5.41, 5.74) is 0.967. The van der Waals surface area contributed by atoms with E-state index in [1.807, 2.05) is 28.0 Å². The minimum Gasteiger partial charge on any atom is -0.360 e. The summed E-state index contributed by atoms with van der Waals surface area (Å²) in [6.07, 6.45) is 2.39. The second-order valence-corrected chi connectivity index (χ2v) is 9.74. The molecule has 0 saturated carbocycles. The normalized spacial score (nSPS) is 21.5. The molecule has 7 nitrogen and oxygen atoms in total. The minimum absolute atomic E-state index is 0.0877. The second kappa shape index (κ2) is 11.0. The molecule has 2 amide bonds. The fourth-order valence-electron chi connectivity index (χ4n) is 4.57. The van der Waals surface area contributed by atoms with E-state index in [4.69, 9.17) is 4.52 Å². The van der Waals surface area contributed by atoms with Crippen molar-refractivity contribution in [1.82, 2.24) is 20.3 Å². The monoisotopic (exact) mass is 456 g/mol. The lowest BCUT2D eigenvalue weighted by Gasteiger charge is -2.37. The number of aromatic nitrogens is 1. The van der Waals surface area contributed by atoms with Crippen molar-refractivity contribution in [3.8, 4) is 0 Å². The van der Waals surface area contributed by atoms with E-state index in [0.29, 0.717) is 44.4 Å². The Labute approximate surface area is 193 Å². The van der Waals surface area contributed by atoms with Crippen molar-refractivity contribution < 1.29 is 14.1 Å². The first-order valence-electron chi connectivity index (χ1n) is 11.4. The van der Waals surface area contributed by atoms with Crippen LogP contribution in [0.5, 0.6) is 0 Å². The van der Waals surface area contributed by atoms with Gasteiger partial charge in [0.2, 0.25) is 11.8 Å². The van der Waals surface area contributed by atoms with Crippen LogP contribution in [0.1, 0.15) is 31.2 Å². The number of piperazine rings is 1. The van der Waals surface area contributed by atoms with Gasteiger partial charge in [-0.2, -0.15) is 0 Å². The Morgan fingerprint density at radius 1 is 1.12 bits per heavy atom. The maximum Gasteiger partial charge on any atom is 0.222 e. The van der Waals surface area contributed by atoms with Crippen LogP contribution in [0, 0.1) is 11.8 Å². The fourth-order valence-corrected chi connectivity index (χ4v) is 5.36. The molecule has 4 rings (SSSR count). The summed E-state index contributed by atoms with van der Waals surface area (Å²) in [5.74, 6) is 2.65. The van der Waals surface area contributed by atoms with Gasteiger partial charge in [-0.05, 0) is 49.9 Å². The SMILES string of the molecule is CC(=O)N1CCN(C(=O)C[C@@H]2CCNC[C@@H]2Cc2cc(CSc3ccccc3)on2)CC1. The average molecular weight is 457 g/mol. The Morgan fingerprint density at radius 3 is 2.62 bits per heavy atom. The Bertz CT molecular complexity index is 896. The highest BCUT2D eigenvalue weighted by molar-refractivity contribution is 7.98. The van der Waals surface area contributed by atoms with Gasteiger partial charge >= 0.3 is 0 Å². The van der Waals surface area contributed by atoms with Gasteiger partial charge in [0.1, 0.15) is 5.76 Å². The molecule has 2 aliphatic rings. The molecule has 2 atom stereocenters. The van der Waals surface area contributed by atoms with Crippen molar-refractivity contribution in [3.05, 3.63) is 47.9 Å². The second-order valence-electron chi connectivity index (χ2n) is 8.69. The van der Waals surface area contributed by atoms with Gasteiger partial charge < -0.3 is 19.6 Å². The lowest BCUT2D eigenvalue weighted by atomic mass is 9.81. The Hall–Kier alpha value is -2.32. The summed E-state index contributed by atoms with van der Waals surface area (Å²) in [5, 5.41) is 7.78. The van der Waals surface area contributed by atoms with Gasteiger partial charge in [0.15, 0.2) is 0 Å². The van der Waals surface area contributed by atoms with Crippen LogP contribution >= 0.6 is 11.8 Å². The number of carbonyl (C=O) groups excluding carboxylic acids is 2. The number of carbonyl (C=O) groups is 2. The molecule has 1 aromatic heterocycles. The molecule has 172 valence electrons. The first kappa shape index (κ1) is 22.9. The van der Waals surface area contributed by atoms with Crippen LogP contribution in [-0.2, 0) is 21.8 Å². The van der Waals surface area contributed by atoms with Gasteiger partial charge in [0.05, 0.1) is 11.4 Å². The zero-order valence-electron chi connectivity index (χ0n) is 18.7. The highest BCUT2D eigenvalue weighted by Crippen LogP contribution is 2.28. The summed E-state index contributed by atoms with van der Waals surface area (Å²) in [4.78, 5) is 29.4. The number of rotatable bonds is 7. The van der Waals surface area contributed by atoms with E-state index in [1.54, 1.807) is 18.7 Å². The smallest absolute Gasteiger partial charge is 0.222 e. The number of amides is 2. The summed E-state index contributed by atoms with van der Waals surface area (Å²) in [7, 11) is 0. The third kappa shape index (κ3) is 6.13. The van der Waals surface area contributed by atoms with Crippen molar-refractivity contribution in [2.75, 3.05) is 39.3 Å². The predicted molar refractivity (Wildman–Crippen MR) is 124 cm³/mol. The Morgan fingerprint density at radius 2 is 1.88 bits per heavy atom. The van der Waals surface area contributed by atoms with Crippen LogP contribution in [0.3, 0.4) is 0 Å². The molecular formula is C24H32N4O3S. The third-order valence-corrected chi connectivity index (χ3v) is 7.52. The van der Waals surface area contributed by atoms with Crippen molar-refractivity contribution in [2.45, 2.75) is 36.8 Å². The molecule has 1 N–H and O–H groups in total. The van der Waals surface area contributed by atoms with E-state index in [1.165, 1.54) is 4.90 Å². The van der Waals surface area contributed by atoms with Crippen LogP contribution < -0.4 is 5.32 Å². The number of hydrogen-bond acceptors (Lipinski definition) is 6. The molecular weight excluding hydrogens is 424 g/mol. The van der Waals surface area contributed by atoms with Gasteiger partial charge in [-0.3, -0.25) is 9.59 Å². The third-order valence-electron chi connectivity index (χ3n) is 6.48. The van der Waals surface area contributed by atoms with Crippen LogP contribution in [0.25, 0.3) is 0 Å². The number of piperidine rings is 1. The summed E-state index contributed by atoms with van der Waals surface area (Å²) >= 11 is 1.74. The summed E-state index contributed by atoms with van der Waals surface area (Å²) in [6, 6.07) is 12.3. The number of nitrogens with zero attached hydrogens (tertiary/aromatic N) is 3. The van der Waals surface area contributed by atoms with E-state index in [-0.39, 0.29) is 11.8 Å². The maximum atomic E-state index is 12.9. The molecule has 2 aliphatic heterocycles. The minimum atomic E-state index is 0.0877. The van der Waals surface area contributed by atoms with Crippen molar-refractivity contribution in [3.63, 3.8) is 0 Å². The van der Waals surface area contributed by atoms with Gasteiger partial charge in [-0.15, -0.1) is 11.8 Å². The van der Waals surface area contributed by atoms with E-state index in [2.05, 4.69) is 28.7 Å². The molecule has 0 aliphatic carbocycles. The topological polar surface area (TPSA) is 78.7 Å². The quantitative estimate of drug-likeness (QED) is 0.646. The van der Waals surface area contributed by atoms with Gasteiger partial charge in [-0.25, -0.2) is 0 Å². The van der Waals surface area contributed by atoms with Crippen LogP contribution in [-0.4, -0.2) is 66.0 Å². The van der Waals surface area contributed by atoms with Crippen LogP contribution in [0.2, 0.25) is 0 Å². The van der Waals surface area contributed by atoms with Gasteiger partial charge in [0, 0.05) is 50.5 Å². The molecule has 0 bridgehead atoms. The predicted octanol–water partition coefficient (Wildman–Crippen LogP) is 2.82. The number of benzene rings is 1. The van der Waals surface area contributed by atoms with Crippen LogP contribution in [0.15, 0.2) is 45.8 Å². The number of thioether (sulfide) groups is 1. The van der Waals surface area contributed by atoms with E-state index >= 15 is 0 Å². The zero-order chi connectivity index (χ0) is 22.3. The van der Waals surface area contributed by atoms with Crippen LogP contribution in [0.4, 0.5) is 0 Å². The summed E-state index contributed by atoms with van der Waals surface area (Å²) in [6.45, 7) is 5.99. The molecule has 0 radical (unpaired) electrons. The maximum absolute atomic E-state index is 12.9. The van der Waals surface area contributed by atoms with Crippen molar-refractivity contribution in [2.24, 2.45) is 11.8 Å². The molecule has 2 fully saturated rings. The molecule has 2 saturated heterocycles. The first-order valence-corrected chi connectivity index (χ1v) is 12.4. The highest BCUT2D eigenvalue weighted by atomic mass is 32.2. The highest BCUT2D eigenvalue weighted by Gasteiger charge is 2.31.